The predicted octanol–water partition coefficient (Wildman–Crippen LogP) is 3.23. The molecule has 0 fully saturated rings. The summed E-state index contributed by atoms with van der Waals surface area (Å²) in [4.78, 5) is 5.60. The Hall–Kier alpha value is -1.60. The fourth-order valence-corrected chi connectivity index (χ4v) is 3.14. The zero-order valence-electron chi connectivity index (χ0n) is 15.1. The number of anilines is 2. The van der Waals surface area contributed by atoms with Gasteiger partial charge in [0.1, 0.15) is 0 Å². The van der Waals surface area contributed by atoms with Crippen LogP contribution in [0.5, 0.6) is 0 Å². The summed E-state index contributed by atoms with van der Waals surface area (Å²) in [5, 5.41) is 18.1. The number of hydrogen-bond acceptors (Lipinski definition) is 6. The van der Waals surface area contributed by atoms with Crippen LogP contribution in [0, 0.1) is 0 Å². The molecule has 0 atom stereocenters. The Morgan fingerprint density at radius 3 is 1.27 bits per heavy atom. The molecule has 0 bridgehead atoms. The number of aliphatic hydroxyl groups excluding tert-OH is 2. The standard InChI is InChI=1S/C20H26N2O2S2/c1-21(11-13-23)17-7-3-15(4-8-17)19(25)20(26)16-5-9-18(10-6-16)22(2)12-14-24/h3-10,23-26H,11-14H2,1-2H3/b20-19-. The van der Waals surface area contributed by atoms with Crippen LogP contribution in [-0.2, 0) is 0 Å². The van der Waals surface area contributed by atoms with Crippen molar-refractivity contribution in [2.45, 2.75) is 0 Å². The maximum absolute atomic E-state index is 9.04. The largest absolute Gasteiger partial charge is 0.395 e. The van der Waals surface area contributed by atoms with E-state index in [1.54, 1.807) is 0 Å². The quantitative estimate of drug-likeness (QED) is 0.413. The molecule has 26 heavy (non-hydrogen) atoms. The summed E-state index contributed by atoms with van der Waals surface area (Å²) in [5.74, 6) is 0. The molecular formula is C20H26N2O2S2. The van der Waals surface area contributed by atoms with E-state index in [2.05, 4.69) is 25.3 Å². The molecule has 6 heteroatoms. The van der Waals surface area contributed by atoms with Crippen LogP contribution in [0.2, 0.25) is 0 Å². The highest BCUT2D eigenvalue weighted by atomic mass is 32.1. The second kappa shape index (κ2) is 9.92. The molecule has 0 heterocycles. The van der Waals surface area contributed by atoms with Crippen molar-refractivity contribution in [1.29, 1.82) is 0 Å². The molecule has 0 aliphatic rings. The van der Waals surface area contributed by atoms with E-state index in [0.717, 1.165) is 32.3 Å². The number of rotatable bonds is 8. The summed E-state index contributed by atoms with van der Waals surface area (Å²) in [7, 11) is 3.89. The van der Waals surface area contributed by atoms with Crippen LogP contribution in [0.1, 0.15) is 11.1 Å². The van der Waals surface area contributed by atoms with Crippen LogP contribution < -0.4 is 9.80 Å². The Labute approximate surface area is 166 Å². The molecule has 0 aliphatic heterocycles. The molecular weight excluding hydrogens is 364 g/mol. The van der Waals surface area contributed by atoms with E-state index in [4.69, 9.17) is 10.2 Å². The second-order valence-electron chi connectivity index (χ2n) is 6.08. The molecule has 0 aliphatic carbocycles. The van der Waals surface area contributed by atoms with Gasteiger partial charge in [0.25, 0.3) is 0 Å². The van der Waals surface area contributed by atoms with Crippen LogP contribution in [0.15, 0.2) is 48.5 Å². The summed E-state index contributed by atoms with van der Waals surface area (Å²) in [6.45, 7) is 1.44. The molecule has 140 valence electrons. The van der Waals surface area contributed by atoms with Gasteiger partial charge in [-0.1, -0.05) is 24.3 Å². The van der Waals surface area contributed by atoms with Crippen molar-refractivity contribution in [3.05, 3.63) is 59.7 Å². The average molecular weight is 391 g/mol. The van der Waals surface area contributed by atoms with Crippen LogP contribution in [0.25, 0.3) is 9.81 Å². The molecule has 0 saturated carbocycles. The molecule has 2 aromatic carbocycles. The summed E-state index contributed by atoms with van der Waals surface area (Å²) in [6.07, 6.45) is 0. The van der Waals surface area contributed by atoms with E-state index in [1.807, 2.05) is 72.4 Å². The normalized spacial score (nSPS) is 11.9. The topological polar surface area (TPSA) is 46.9 Å². The molecule has 0 aromatic heterocycles. The Bertz CT molecular complexity index is 667. The highest BCUT2D eigenvalue weighted by Gasteiger charge is 2.08. The summed E-state index contributed by atoms with van der Waals surface area (Å²) >= 11 is 9.32. The molecule has 0 spiro atoms. The summed E-state index contributed by atoms with van der Waals surface area (Å²) in [5.41, 5.74) is 4.06. The predicted molar refractivity (Wildman–Crippen MR) is 118 cm³/mol. The Morgan fingerprint density at radius 1 is 0.692 bits per heavy atom. The van der Waals surface area contributed by atoms with Gasteiger partial charge in [-0.3, -0.25) is 0 Å². The van der Waals surface area contributed by atoms with Crippen LogP contribution in [0.4, 0.5) is 11.4 Å². The van der Waals surface area contributed by atoms with Crippen molar-refractivity contribution in [1.82, 2.24) is 0 Å². The van der Waals surface area contributed by atoms with Gasteiger partial charge in [0.15, 0.2) is 0 Å². The number of nitrogens with zero attached hydrogens (tertiary/aromatic N) is 2. The van der Waals surface area contributed by atoms with Crippen molar-refractivity contribution in [3.8, 4) is 0 Å². The lowest BCUT2D eigenvalue weighted by molar-refractivity contribution is 0.304. The first kappa shape index (κ1) is 20.7. The molecule has 4 nitrogen and oxygen atoms in total. The molecule has 0 amide bonds. The molecule has 2 rings (SSSR count). The summed E-state index contributed by atoms with van der Waals surface area (Å²) in [6, 6.07) is 16.1. The van der Waals surface area contributed by atoms with E-state index >= 15 is 0 Å². The van der Waals surface area contributed by atoms with Gasteiger partial charge in [0, 0.05) is 48.4 Å². The van der Waals surface area contributed by atoms with Gasteiger partial charge in [0.05, 0.1) is 13.2 Å². The number of benzene rings is 2. The molecule has 2 N–H and O–H groups in total. The summed E-state index contributed by atoms with van der Waals surface area (Å²) < 4.78 is 0. The maximum atomic E-state index is 9.04. The molecule has 0 saturated heterocycles. The van der Waals surface area contributed by atoms with E-state index in [-0.39, 0.29) is 13.2 Å². The van der Waals surface area contributed by atoms with Crippen LogP contribution in [-0.4, -0.2) is 50.6 Å². The van der Waals surface area contributed by atoms with Gasteiger partial charge in [-0.25, -0.2) is 0 Å². The number of aliphatic hydroxyl groups is 2. The van der Waals surface area contributed by atoms with Gasteiger partial charge in [-0.2, -0.15) is 0 Å². The van der Waals surface area contributed by atoms with E-state index in [9.17, 15) is 0 Å². The first-order chi connectivity index (χ1) is 12.5. The van der Waals surface area contributed by atoms with Gasteiger partial charge in [0.2, 0.25) is 0 Å². The van der Waals surface area contributed by atoms with Crippen molar-refractivity contribution in [3.63, 3.8) is 0 Å². The lowest BCUT2D eigenvalue weighted by atomic mass is 10.1. The monoisotopic (exact) mass is 390 g/mol. The third kappa shape index (κ3) is 5.20. The Kier molecular flexibility index (Phi) is 7.90. The zero-order valence-corrected chi connectivity index (χ0v) is 16.9. The van der Waals surface area contributed by atoms with Gasteiger partial charge in [-0.05, 0) is 35.4 Å². The lowest BCUT2D eigenvalue weighted by Gasteiger charge is -2.19. The van der Waals surface area contributed by atoms with E-state index < -0.39 is 0 Å². The third-order valence-corrected chi connectivity index (χ3v) is 5.40. The molecule has 0 unspecified atom stereocenters. The number of hydrogen-bond donors (Lipinski definition) is 4. The van der Waals surface area contributed by atoms with Gasteiger partial charge >= 0.3 is 0 Å². The SMILES string of the molecule is CN(CCO)c1ccc(/C(S)=C(/S)c2ccc(N(C)CCO)cc2)cc1. The Balaban J connectivity index is 2.20. The van der Waals surface area contributed by atoms with Crippen molar-refractivity contribution >= 4 is 46.4 Å². The number of thiol groups is 2. The number of likely N-dealkylation sites (N-methyl/N-ethyl adjacent to an activating group) is 2. The average Bonchev–Trinajstić information content (AvgIpc) is 2.67. The van der Waals surface area contributed by atoms with Crippen molar-refractivity contribution in [2.75, 3.05) is 50.2 Å². The smallest absolute Gasteiger partial charge is 0.0606 e. The molecule has 0 radical (unpaired) electrons. The van der Waals surface area contributed by atoms with Gasteiger partial charge in [-0.15, -0.1) is 25.3 Å². The minimum absolute atomic E-state index is 0.125. The highest BCUT2D eigenvalue weighted by Crippen LogP contribution is 2.33. The van der Waals surface area contributed by atoms with Crippen LogP contribution in [0.3, 0.4) is 0 Å². The molecule has 2 aromatic rings. The lowest BCUT2D eigenvalue weighted by Crippen LogP contribution is -2.20. The minimum Gasteiger partial charge on any atom is -0.395 e. The Morgan fingerprint density at radius 2 is 1.00 bits per heavy atom. The fraction of sp³-hybridized carbons (Fsp3) is 0.300. The first-order valence-corrected chi connectivity index (χ1v) is 9.34. The van der Waals surface area contributed by atoms with Gasteiger partial charge < -0.3 is 20.0 Å². The zero-order chi connectivity index (χ0) is 19.1. The second-order valence-corrected chi connectivity index (χ2v) is 6.98. The third-order valence-electron chi connectivity index (χ3n) is 4.26. The van der Waals surface area contributed by atoms with Crippen molar-refractivity contribution in [2.24, 2.45) is 0 Å². The van der Waals surface area contributed by atoms with E-state index in [1.165, 1.54) is 0 Å². The van der Waals surface area contributed by atoms with E-state index in [0.29, 0.717) is 13.1 Å². The highest BCUT2D eigenvalue weighted by molar-refractivity contribution is 7.96. The first-order valence-electron chi connectivity index (χ1n) is 8.45. The maximum Gasteiger partial charge on any atom is 0.0606 e. The van der Waals surface area contributed by atoms with Crippen LogP contribution >= 0.6 is 25.3 Å². The van der Waals surface area contributed by atoms with Crippen molar-refractivity contribution < 1.29 is 10.2 Å². The minimum atomic E-state index is 0.125. The fourth-order valence-electron chi connectivity index (χ4n) is 2.58.